The molecule has 0 radical (unpaired) electrons. The van der Waals surface area contributed by atoms with Gasteiger partial charge in [-0.15, -0.1) is 0 Å². The van der Waals surface area contributed by atoms with Crippen LogP contribution in [0, 0.1) is 0 Å². The van der Waals surface area contributed by atoms with Crippen LogP contribution < -0.4 is 4.72 Å². The number of nitrogens with one attached hydrogen (secondary N) is 1. The van der Waals surface area contributed by atoms with Gasteiger partial charge in [-0.25, -0.2) is 8.42 Å². The van der Waals surface area contributed by atoms with E-state index in [1.807, 2.05) is 0 Å². The summed E-state index contributed by atoms with van der Waals surface area (Å²) in [5.74, 6) is -0.105. The quantitative estimate of drug-likeness (QED) is 0.906. The van der Waals surface area contributed by atoms with E-state index in [-0.39, 0.29) is 10.6 Å². The summed E-state index contributed by atoms with van der Waals surface area (Å²) in [7, 11) is -3.73. The second kappa shape index (κ2) is 4.95. The van der Waals surface area contributed by atoms with Gasteiger partial charge in [0.15, 0.2) is 0 Å². The number of aromatic nitrogens is 1. The molecule has 0 amide bonds. The zero-order chi connectivity index (χ0) is 13.2. The summed E-state index contributed by atoms with van der Waals surface area (Å²) in [5, 5.41) is 9.29. The monoisotopic (exact) mass is 328 g/mol. The highest BCUT2D eigenvalue weighted by atomic mass is 79.9. The first-order valence-electron chi connectivity index (χ1n) is 4.90. The first-order valence-corrected chi connectivity index (χ1v) is 7.18. The van der Waals surface area contributed by atoms with E-state index in [2.05, 4.69) is 25.6 Å². The number of phenols is 1. The van der Waals surface area contributed by atoms with Gasteiger partial charge in [-0.2, -0.15) is 0 Å². The molecule has 7 heteroatoms. The Hall–Kier alpha value is -1.60. The van der Waals surface area contributed by atoms with Gasteiger partial charge in [-0.3, -0.25) is 9.71 Å². The zero-order valence-corrected chi connectivity index (χ0v) is 11.4. The van der Waals surface area contributed by atoms with E-state index in [0.717, 1.165) is 0 Å². The first-order chi connectivity index (χ1) is 8.49. The molecule has 1 heterocycles. The summed E-state index contributed by atoms with van der Waals surface area (Å²) >= 11 is 3.20. The number of anilines is 1. The Balaban J connectivity index is 2.37. The van der Waals surface area contributed by atoms with Crippen molar-refractivity contribution in [1.82, 2.24) is 4.98 Å². The number of phenolic OH excluding ortho intramolecular Hbond substituents is 1. The fourth-order valence-corrected chi connectivity index (χ4v) is 2.91. The molecule has 5 nitrogen and oxygen atoms in total. The lowest BCUT2D eigenvalue weighted by molar-refractivity contribution is 0.473. The Morgan fingerprint density at radius 3 is 2.72 bits per heavy atom. The van der Waals surface area contributed by atoms with Crippen LogP contribution in [0.15, 0.2) is 52.1 Å². The average Bonchev–Trinajstić information content (AvgIpc) is 2.32. The fraction of sp³-hybridized carbons (Fsp3) is 0. The third kappa shape index (κ3) is 2.80. The molecule has 94 valence electrons. The normalized spacial score (nSPS) is 11.2. The number of hydrogen-bond donors (Lipinski definition) is 2. The summed E-state index contributed by atoms with van der Waals surface area (Å²) in [6, 6.07) is 6.98. The number of benzene rings is 1. The Bertz CT molecular complexity index is 673. The molecule has 2 rings (SSSR count). The molecule has 0 saturated carbocycles. The summed E-state index contributed by atoms with van der Waals surface area (Å²) in [6.07, 6.45) is 2.96. The van der Waals surface area contributed by atoms with E-state index in [4.69, 9.17) is 0 Å². The Morgan fingerprint density at radius 2 is 2.06 bits per heavy atom. The maximum absolute atomic E-state index is 12.0. The van der Waals surface area contributed by atoms with Crippen molar-refractivity contribution in [1.29, 1.82) is 0 Å². The third-order valence-corrected chi connectivity index (χ3v) is 4.14. The van der Waals surface area contributed by atoms with E-state index in [1.165, 1.54) is 42.7 Å². The molecule has 1 aromatic carbocycles. The highest BCUT2D eigenvalue weighted by Gasteiger charge is 2.15. The van der Waals surface area contributed by atoms with Crippen LogP contribution in [0.4, 0.5) is 5.69 Å². The number of rotatable bonds is 3. The molecular weight excluding hydrogens is 320 g/mol. The summed E-state index contributed by atoms with van der Waals surface area (Å²) in [4.78, 5) is 3.83. The van der Waals surface area contributed by atoms with Crippen molar-refractivity contribution in [2.24, 2.45) is 0 Å². The molecule has 0 aliphatic heterocycles. The fourth-order valence-electron chi connectivity index (χ4n) is 1.31. The van der Waals surface area contributed by atoms with Crippen molar-refractivity contribution >= 4 is 31.6 Å². The molecule has 2 aromatic rings. The van der Waals surface area contributed by atoms with Gasteiger partial charge in [0, 0.05) is 18.5 Å². The topological polar surface area (TPSA) is 79.3 Å². The molecule has 1 aromatic heterocycles. The van der Waals surface area contributed by atoms with E-state index in [1.54, 1.807) is 0 Å². The SMILES string of the molecule is O=S(=O)(Nc1ccncc1Br)c1cccc(O)c1. The van der Waals surface area contributed by atoms with Gasteiger partial charge in [0.2, 0.25) is 0 Å². The zero-order valence-electron chi connectivity index (χ0n) is 9.04. The maximum Gasteiger partial charge on any atom is 0.262 e. The number of sulfonamides is 1. The number of halogens is 1. The predicted molar refractivity (Wildman–Crippen MR) is 70.9 cm³/mol. The number of pyridine rings is 1. The third-order valence-electron chi connectivity index (χ3n) is 2.14. The second-order valence-corrected chi connectivity index (χ2v) is 6.00. The highest BCUT2D eigenvalue weighted by molar-refractivity contribution is 9.10. The van der Waals surface area contributed by atoms with Crippen molar-refractivity contribution in [3.8, 4) is 5.75 Å². The van der Waals surface area contributed by atoms with E-state index >= 15 is 0 Å². The molecule has 2 N–H and O–H groups in total. The van der Waals surface area contributed by atoms with Gasteiger partial charge in [-0.1, -0.05) is 6.07 Å². The summed E-state index contributed by atoms with van der Waals surface area (Å²) in [5.41, 5.74) is 0.383. The molecule has 0 fully saturated rings. The molecular formula is C11H9BrN2O3S. The molecule has 0 aliphatic rings. The van der Waals surface area contributed by atoms with Crippen molar-refractivity contribution in [3.63, 3.8) is 0 Å². The number of hydrogen-bond acceptors (Lipinski definition) is 4. The molecule has 0 saturated heterocycles. The summed E-state index contributed by atoms with van der Waals surface area (Å²) in [6.45, 7) is 0. The maximum atomic E-state index is 12.0. The van der Waals surface area contributed by atoms with Crippen LogP contribution in [0.1, 0.15) is 0 Å². The van der Waals surface area contributed by atoms with Crippen molar-refractivity contribution < 1.29 is 13.5 Å². The smallest absolute Gasteiger partial charge is 0.262 e. The Kier molecular flexibility index (Phi) is 3.53. The van der Waals surface area contributed by atoms with Crippen LogP contribution in [-0.4, -0.2) is 18.5 Å². The lowest BCUT2D eigenvalue weighted by atomic mass is 10.3. The van der Waals surface area contributed by atoms with Crippen molar-refractivity contribution in [2.45, 2.75) is 4.90 Å². The van der Waals surface area contributed by atoms with Gasteiger partial charge in [0.1, 0.15) is 5.75 Å². The van der Waals surface area contributed by atoms with Gasteiger partial charge in [-0.05, 0) is 34.1 Å². The van der Waals surface area contributed by atoms with Crippen molar-refractivity contribution in [2.75, 3.05) is 4.72 Å². The Morgan fingerprint density at radius 1 is 1.28 bits per heavy atom. The highest BCUT2D eigenvalue weighted by Crippen LogP contribution is 2.24. The average molecular weight is 329 g/mol. The first kappa shape index (κ1) is 12.8. The minimum atomic E-state index is -3.73. The van der Waals surface area contributed by atoms with Crippen LogP contribution in [0.5, 0.6) is 5.75 Å². The van der Waals surface area contributed by atoms with Crippen LogP contribution >= 0.6 is 15.9 Å². The lowest BCUT2D eigenvalue weighted by Gasteiger charge is -2.09. The molecule has 0 bridgehead atoms. The number of aromatic hydroxyl groups is 1. The number of nitrogens with zero attached hydrogens (tertiary/aromatic N) is 1. The standard InChI is InChI=1S/C11H9BrN2O3S/c12-10-7-13-5-4-11(10)14-18(16,17)9-3-1-2-8(15)6-9/h1-7,15H,(H,13,14). The molecule has 0 spiro atoms. The molecule has 0 unspecified atom stereocenters. The minimum Gasteiger partial charge on any atom is -0.508 e. The summed E-state index contributed by atoms with van der Waals surface area (Å²) < 4.78 is 27.0. The molecule has 0 aliphatic carbocycles. The van der Waals surface area contributed by atoms with Crippen LogP contribution in [0.2, 0.25) is 0 Å². The lowest BCUT2D eigenvalue weighted by Crippen LogP contribution is -2.13. The van der Waals surface area contributed by atoms with Gasteiger partial charge in [0.25, 0.3) is 10.0 Å². The molecule has 18 heavy (non-hydrogen) atoms. The largest absolute Gasteiger partial charge is 0.508 e. The van der Waals surface area contributed by atoms with Gasteiger partial charge < -0.3 is 5.11 Å². The Labute approximate surface area is 113 Å². The van der Waals surface area contributed by atoms with Gasteiger partial charge >= 0.3 is 0 Å². The van der Waals surface area contributed by atoms with E-state index in [9.17, 15) is 13.5 Å². The van der Waals surface area contributed by atoms with Crippen molar-refractivity contribution in [3.05, 3.63) is 47.2 Å². The van der Waals surface area contributed by atoms with Crippen LogP contribution in [0.25, 0.3) is 0 Å². The second-order valence-electron chi connectivity index (χ2n) is 3.46. The predicted octanol–water partition coefficient (Wildman–Crippen LogP) is 2.35. The van der Waals surface area contributed by atoms with Gasteiger partial charge in [0.05, 0.1) is 15.1 Å². The van der Waals surface area contributed by atoms with Crippen LogP contribution in [0.3, 0.4) is 0 Å². The van der Waals surface area contributed by atoms with E-state index in [0.29, 0.717) is 10.2 Å². The molecule has 0 atom stereocenters. The minimum absolute atomic E-state index is 0.00814. The van der Waals surface area contributed by atoms with E-state index < -0.39 is 10.0 Å². The van der Waals surface area contributed by atoms with Crippen LogP contribution in [-0.2, 0) is 10.0 Å².